The second-order valence-corrected chi connectivity index (χ2v) is 2.34. The van der Waals surface area contributed by atoms with Crippen molar-refractivity contribution in [2.75, 3.05) is 7.11 Å². The highest BCUT2D eigenvalue weighted by molar-refractivity contribution is 5.87. The highest BCUT2D eigenvalue weighted by atomic mass is 19.4. The first kappa shape index (κ1) is 10.5. The standard InChI is InChI=1S/C6H5F3N2O3/c1-13-5(12)4-3(10-14-11-4)2-6(7,8)9/h2H2,1H3. The number of alkyl halides is 3. The molecule has 0 aromatic carbocycles. The topological polar surface area (TPSA) is 65.2 Å². The fourth-order valence-corrected chi connectivity index (χ4v) is 0.764. The molecule has 0 N–H and O–H groups in total. The third-order valence-electron chi connectivity index (χ3n) is 1.30. The van der Waals surface area contributed by atoms with Crippen LogP contribution in [0.1, 0.15) is 16.2 Å². The number of carbonyl (C=O) groups excluding carboxylic acids is 1. The van der Waals surface area contributed by atoms with Crippen LogP contribution in [-0.4, -0.2) is 29.6 Å². The first-order valence-corrected chi connectivity index (χ1v) is 3.40. The van der Waals surface area contributed by atoms with Crippen molar-refractivity contribution in [3.05, 3.63) is 11.4 Å². The molecule has 0 unspecified atom stereocenters. The van der Waals surface area contributed by atoms with E-state index < -0.39 is 30.0 Å². The van der Waals surface area contributed by atoms with E-state index in [2.05, 4.69) is 19.7 Å². The van der Waals surface area contributed by atoms with Gasteiger partial charge in [-0.1, -0.05) is 5.16 Å². The normalized spacial score (nSPS) is 11.4. The van der Waals surface area contributed by atoms with Gasteiger partial charge in [0.2, 0.25) is 5.69 Å². The van der Waals surface area contributed by atoms with Crippen LogP contribution in [0.4, 0.5) is 13.2 Å². The molecule has 0 amide bonds. The summed E-state index contributed by atoms with van der Waals surface area (Å²) in [6, 6.07) is 0. The number of rotatable bonds is 2. The lowest BCUT2D eigenvalue weighted by atomic mass is 10.2. The van der Waals surface area contributed by atoms with Gasteiger partial charge in [0.25, 0.3) is 0 Å². The maximum Gasteiger partial charge on any atom is 0.394 e. The van der Waals surface area contributed by atoms with Gasteiger partial charge < -0.3 is 4.74 Å². The lowest BCUT2D eigenvalue weighted by molar-refractivity contribution is -0.128. The largest absolute Gasteiger partial charge is 0.464 e. The SMILES string of the molecule is COC(=O)c1nonc1CC(F)(F)F. The molecule has 0 aliphatic rings. The predicted octanol–water partition coefficient (Wildman–Crippen LogP) is 0.961. The molecule has 1 aromatic rings. The van der Waals surface area contributed by atoms with Crippen molar-refractivity contribution >= 4 is 5.97 Å². The molecule has 8 heteroatoms. The van der Waals surface area contributed by atoms with E-state index >= 15 is 0 Å². The van der Waals surface area contributed by atoms with Gasteiger partial charge in [-0.25, -0.2) is 9.42 Å². The summed E-state index contributed by atoms with van der Waals surface area (Å²) in [6.45, 7) is 0. The van der Waals surface area contributed by atoms with E-state index in [1.54, 1.807) is 0 Å². The molecule has 14 heavy (non-hydrogen) atoms. The lowest BCUT2D eigenvalue weighted by Gasteiger charge is -2.02. The molecular weight excluding hydrogens is 205 g/mol. The van der Waals surface area contributed by atoms with Crippen LogP contribution in [0.25, 0.3) is 0 Å². The molecule has 78 valence electrons. The van der Waals surface area contributed by atoms with Crippen LogP contribution in [0.3, 0.4) is 0 Å². The molecule has 0 bridgehead atoms. The van der Waals surface area contributed by atoms with Gasteiger partial charge in [0.05, 0.1) is 13.5 Å². The van der Waals surface area contributed by atoms with Gasteiger partial charge in [0.1, 0.15) is 5.69 Å². The van der Waals surface area contributed by atoms with Crippen LogP contribution in [0, 0.1) is 0 Å². The third-order valence-corrected chi connectivity index (χ3v) is 1.30. The van der Waals surface area contributed by atoms with Crippen LogP contribution in [-0.2, 0) is 11.2 Å². The summed E-state index contributed by atoms with van der Waals surface area (Å²) in [5.74, 6) is -1.01. The lowest BCUT2D eigenvalue weighted by Crippen LogP contribution is -2.15. The van der Waals surface area contributed by atoms with Gasteiger partial charge in [0.15, 0.2) is 0 Å². The Labute approximate surface area is 75.8 Å². The molecule has 0 aliphatic heterocycles. The smallest absolute Gasteiger partial charge is 0.394 e. The van der Waals surface area contributed by atoms with Gasteiger partial charge in [0, 0.05) is 0 Å². The Bertz CT molecular complexity index is 333. The van der Waals surface area contributed by atoms with E-state index in [0.29, 0.717) is 0 Å². The maximum atomic E-state index is 11.9. The Balaban J connectivity index is 2.88. The van der Waals surface area contributed by atoms with Gasteiger partial charge in [-0.3, -0.25) is 0 Å². The summed E-state index contributed by atoms with van der Waals surface area (Å²) >= 11 is 0. The third kappa shape index (κ3) is 2.44. The Hall–Kier alpha value is -1.60. The molecule has 0 saturated heterocycles. The monoisotopic (exact) mass is 210 g/mol. The zero-order valence-electron chi connectivity index (χ0n) is 6.96. The van der Waals surface area contributed by atoms with Gasteiger partial charge in [-0.2, -0.15) is 13.2 Å². The second-order valence-electron chi connectivity index (χ2n) is 2.34. The van der Waals surface area contributed by atoms with E-state index in [9.17, 15) is 18.0 Å². The van der Waals surface area contributed by atoms with Gasteiger partial charge >= 0.3 is 12.1 Å². The number of aromatic nitrogens is 2. The minimum atomic E-state index is -4.47. The summed E-state index contributed by atoms with van der Waals surface area (Å²) < 4.78 is 43.9. The molecule has 0 fully saturated rings. The number of esters is 1. The van der Waals surface area contributed by atoms with Crippen molar-refractivity contribution in [2.45, 2.75) is 12.6 Å². The molecule has 5 nitrogen and oxygen atoms in total. The number of hydrogen-bond acceptors (Lipinski definition) is 5. The Morgan fingerprint density at radius 1 is 1.50 bits per heavy atom. The maximum absolute atomic E-state index is 11.9. The summed E-state index contributed by atoms with van der Waals surface area (Å²) in [7, 11) is 1.02. The van der Waals surface area contributed by atoms with E-state index in [0.717, 1.165) is 7.11 Å². The average Bonchev–Trinajstić information content (AvgIpc) is 2.48. The number of carbonyl (C=O) groups is 1. The van der Waals surface area contributed by atoms with E-state index in [1.165, 1.54) is 0 Å². The zero-order chi connectivity index (χ0) is 10.8. The number of ether oxygens (including phenoxy) is 1. The average molecular weight is 210 g/mol. The number of methoxy groups -OCH3 is 1. The number of nitrogens with zero attached hydrogens (tertiary/aromatic N) is 2. The van der Waals surface area contributed by atoms with Crippen molar-refractivity contribution in [3.8, 4) is 0 Å². The van der Waals surface area contributed by atoms with Crippen LogP contribution >= 0.6 is 0 Å². The molecule has 0 spiro atoms. The predicted molar refractivity (Wildman–Crippen MR) is 35.4 cm³/mol. The molecule has 0 radical (unpaired) electrons. The highest BCUT2D eigenvalue weighted by Gasteiger charge is 2.33. The zero-order valence-corrected chi connectivity index (χ0v) is 6.96. The first-order valence-electron chi connectivity index (χ1n) is 3.40. The Kier molecular flexibility index (Phi) is 2.73. The van der Waals surface area contributed by atoms with Crippen molar-refractivity contribution in [1.29, 1.82) is 0 Å². The minimum absolute atomic E-state index is 0.551. The summed E-state index contributed by atoms with van der Waals surface area (Å²) in [5.41, 5.74) is -1.13. The van der Waals surface area contributed by atoms with Gasteiger partial charge in [-0.05, 0) is 5.16 Å². The first-order chi connectivity index (χ1) is 6.44. The molecule has 0 atom stereocenters. The molecule has 1 aromatic heterocycles. The van der Waals surface area contributed by atoms with Crippen LogP contribution in [0.2, 0.25) is 0 Å². The summed E-state index contributed by atoms with van der Waals surface area (Å²) in [4.78, 5) is 10.8. The van der Waals surface area contributed by atoms with Crippen molar-refractivity contribution < 1.29 is 27.3 Å². The van der Waals surface area contributed by atoms with E-state index in [1.807, 2.05) is 0 Å². The van der Waals surface area contributed by atoms with Crippen molar-refractivity contribution in [1.82, 2.24) is 10.3 Å². The summed E-state index contributed by atoms with van der Waals surface area (Å²) in [5, 5.41) is 5.97. The van der Waals surface area contributed by atoms with E-state index in [-0.39, 0.29) is 0 Å². The fourth-order valence-electron chi connectivity index (χ4n) is 0.764. The molecular formula is C6H5F3N2O3. The van der Waals surface area contributed by atoms with E-state index in [4.69, 9.17) is 0 Å². The number of hydrogen-bond donors (Lipinski definition) is 0. The molecule has 1 heterocycles. The van der Waals surface area contributed by atoms with Crippen LogP contribution in [0.15, 0.2) is 4.63 Å². The van der Waals surface area contributed by atoms with Gasteiger partial charge in [-0.15, -0.1) is 0 Å². The second kappa shape index (κ2) is 3.64. The fraction of sp³-hybridized carbons (Fsp3) is 0.500. The Morgan fingerprint density at radius 3 is 2.64 bits per heavy atom. The van der Waals surface area contributed by atoms with Crippen LogP contribution in [0.5, 0.6) is 0 Å². The Morgan fingerprint density at radius 2 is 2.14 bits per heavy atom. The quantitative estimate of drug-likeness (QED) is 0.680. The van der Waals surface area contributed by atoms with Crippen molar-refractivity contribution in [2.24, 2.45) is 0 Å². The number of halogens is 3. The highest BCUT2D eigenvalue weighted by Crippen LogP contribution is 2.21. The minimum Gasteiger partial charge on any atom is -0.464 e. The molecule has 0 saturated carbocycles. The molecule has 0 aliphatic carbocycles. The summed E-state index contributed by atoms with van der Waals surface area (Å²) in [6.07, 6.45) is -5.84. The van der Waals surface area contributed by atoms with Crippen molar-refractivity contribution in [3.63, 3.8) is 0 Å². The van der Waals surface area contributed by atoms with Crippen LogP contribution < -0.4 is 0 Å². The molecule has 1 rings (SSSR count).